The molecule has 0 spiro atoms. The molecule has 2 heterocycles. The van der Waals surface area contributed by atoms with E-state index in [0.29, 0.717) is 10.8 Å². The first kappa shape index (κ1) is 21.4. The van der Waals surface area contributed by atoms with Crippen molar-refractivity contribution in [2.45, 2.75) is 38.5 Å². The van der Waals surface area contributed by atoms with Gasteiger partial charge in [-0.15, -0.1) is 0 Å². The third-order valence-corrected chi connectivity index (χ3v) is 4.52. The molecule has 0 aliphatic carbocycles. The molecule has 1 aliphatic heterocycles. The number of esters is 2. The molecule has 1 amide bonds. The molecule has 0 saturated carbocycles. The maximum atomic E-state index is 12.9. The van der Waals surface area contributed by atoms with Crippen LogP contribution >= 0.6 is 0 Å². The van der Waals surface area contributed by atoms with E-state index >= 15 is 0 Å². The van der Waals surface area contributed by atoms with E-state index in [4.69, 9.17) is 23.5 Å². The van der Waals surface area contributed by atoms with Gasteiger partial charge in [0.2, 0.25) is 0 Å². The lowest BCUT2D eigenvalue weighted by molar-refractivity contribution is -0.202. The fourth-order valence-corrected chi connectivity index (χ4v) is 3.13. The zero-order valence-electron chi connectivity index (χ0n) is 16.7. The molecule has 0 radical (unpaired) electrons. The number of carbonyl (C=O) groups is 3. The Kier molecular flexibility index (Phi) is 6.73. The Labute approximate surface area is 173 Å². The number of ether oxygens (including phenoxy) is 3. The van der Waals surface area contributed by atoms with E-state index in [1.807, 2.05) is 6.07 Å². The highest BCUT2D eigenvalue weighted by atomic mass is 16.8. The van der Waals surface area contributed by atoms with Crippen molar-refractivity contribution < 1.29 is 37.8 Å². The first-order valence-corrected chi connectivity index (χ1v) is 9.58. The van der Waals surface area contributed by atoms with Crippen molar-refractivity contribution in [3.05, 3.63) is 60.1 Å². The lowest BCUT2D eigenvalue weighted by Gasteiger charge is -2.30. The monoisotopic (exact) mass is 417 g/mol. The number of amides is 1. The zero-order valence-corrected chi connectivity index (χ0v) is 16.7. The van der Waals surface area contributed by atoms with Gasteiger partial charge in [0.15, 0.2) is 0 Å². The van der Waals surface area contributed by atoms with E-state index in [9.17, 15) is 14.4 Å². The van der Waals surface area contributed by atoms with Crippen LogP contribution in [-0.4, -0.2) is 41.8 Å². The SMILES string of the molecule is CCOC(=O)C1(C(=O)OCC)CC(c2ccco2)ON1C(=O)OCc1ccccc1. The summed E-state index contributed by atoms with van der Waals surface area (Å²) in [7, 11) is 0. The molecular formula is C21H23NO8. The molecule has 1 saturated heterocycles. The van der Waals surface area contributed by atoms with Crippen molar-refractivity contribution in [1.82, 2.24) is 5.06 Å². The third kappa shape index (κ3) is 4.16. The number of carbonyl (C=O) groups excluding carboxylic acids is 3. The summed E-state index contributed by atoms with van der Waals surface area (Å²) in [6.07, 6.45) is -0.725. The summed E-state index contributed by atoms with van der Waals surface area (Å²) in [5.74, 6) is -1.59. The minimum absolute atomic E-state index is 0.00168. The molecule has 2 aromatic rings. The standard InChI is InChI=1S/C21H23NO8/c1-3-26-18(23)21(19(24)27-4-2)13-17(16-11-8-12-28-16)30-22(21)20(25)29-14-15-9-6-5-7-10-15/h5-12,17H,3-4,13-14H2,1-2H3. The molecule has 9 heteroatoms. The van der Waals surface area contributed by atoms with Crippen LogP contribution in [-0.2, 0) is 35.2 Å². The van der Waals surface area contributed by atoms with E-state index in [0.717, 1.165) is 5.56 Å². The van der Waals surface area contributed by atoms with E-state index in [2.05, 4.69) is 0 Å². The van der Waals surface area contributed by atoms with Crippen LogP contribution in [0, 0.1) is 0 Å². The average molecular weight is 417 g/mol. The molecule has 1 unspecified atom stereocenters. The van der Waals surface area contributed by atoms with Gasteiger partial charge in [-0.1, -0.05) is 30.3 Å². The number of hydrogen-bond donors (Lipinski definition) is 0. The Balaban J connectivity index is 1.92. The second-order valence-electron chi connectivity index (χ2n) is 6.45. The van der Waals surface area contributed by atoms with Gasteiger partial charge in [0.1, 0.15) is 18.5 Å². The number of benzene rings is 1. The molecular weight excluding hydrogens is 394 g/mol. The molecule has 160 valence electrons. The van der Waals surface area contributed by atoms with E-state index in [1.165, 1.54) is 6.26 Å². The number of nitrogens with zero attached hydrogens (tertiary/aromatic N) is 1. The molecule has 0 bridgehead atoms. The molecule has 30 heavy (non-hydrogen) atoms. The van der Waals surface area contributed by atoms with Crippen molar-refractivity contribution in [3.8, 4) is 0 Å². The van der Waals surface area contributed by atoms with Gasteiger partial charge in [-0.05, 0) is 31.5 Å². The zero-order chi connectivity index (χ0) is 21.6. The van der Waals surface area contributed by atoms with Crippen LogP contribution in [0.4, 0.5) is 4.79 Å². The van der Waals surface area contributed by atoms with Crippen LogP contribution in [0.2, 0.25) is 0 Å². The normalized spacial score (nSPS) is 17.4. The lowest BCUT2D eigenvalue weighted by Crippen LogP contribution is -2.59. The Morgan fingerprint density at radius 1 is 1.00 bits per heavy atom. The van der Waals surface area contributed by atoms with Crippen LogP contribution in [0.3, 0.4) is 0 Å². The average Bonchev–Trinajstić information content (AvgIpc) is 3.42. The number of furan rings is 1. The van der Waals surface area contributed by atoms with Crippen molar-refractivity contribution >= 4 is 18.0 Å². The van der Waals surface area contributed by atoms with Gasteiger partial charge in [0.05, 0.1) is 19.5 Å². The summed E-state index contributed by atoms with van der Waals surface area (Å²) in [6, 6.07) is 12.2. The van der Waals surface area contributed by atoms with Gasteiger partial charge in [0, 0.05) is 6.42 Å². The summed E-state index contributed by atoms with van der Waals surface area (Å²) in [5.41, 5.74) is -1.43. The van der Waals surface area contributed by atoms with Crippen molar-refractivity contribution in [2.24, 2.45) is 0 Å². The summed E-state index contributed by atoms with van der Waals surface area (Å²) >= 11 is 0. The van der Waals surface area contributed by atoms with Gasteiger partial charge < -0.3 is 18.6 Å². The highest BCUT2D eigenvalue weighted by molar-refractivity contribution is 6.07. The quantitative estimate of drug-likeness (QED) is 0.384. The predicted molar refractivity (Wildman–Crippen MR) is 102 cm³/mol. The number of hydrogen-bond acceptors (Lipinski definition) is 8. The predicted octanol–water partition coefficient (Wildman–Crippen LogP) is 3.16. The first-order chi connectivity index (χ1) is 14.5. The molecule has 1 atom stereocenters. The molecule has 0 N–H and O–H groups in total. The smallest absolute Gasteiger partial charge is 0.435 e. The van der Waals surface area contributed by atoms with Gasteiger partial charge in [-0.2, -0.15) is 5.06 Å². The van der Waals surface area contributed by atoms with Crippen LogP contribution < -0.4 is 0 Å². The van der Waals surface area contributed by atoms with Crippen LogP contribution in [0.1, 0.15) is 37.7 Å². The summed E-state index contributed by atoms with van der Waals surface area (Å²) in [4.78, 5) is 44.4. The lowest BCUT2D eigenvalue weighted by atomic mass is 9.92. The van der Waals surface area contributed by atoms with Crippen molar-refractivity contribution in [3.63, 3.8) is 0 Å². The largest absolute Gasteiger partial charge is 0.466 e. The molecule has 1 aromatic carbocycles. The van der Waals surface area contributed by atoms with E-state index in [-0.39, 0.29) is 26.2 Å². The third-order valence-electron chi connectivity index (χ3n) is 4.52. The molecule has 9 nitrogen and oxygen atoms in total. The van der Waals surface area contributed by atoms with Gasteiger partial charge in [0.25, 0.3) is 5.54 Å². The number of hydroxylamine groups is 2. The highest BCUT2D eigenvalue weighted by Crippen LogP contribution is 2.42. The summed E-state index contributed by atoms with van der Waals surface area (Å²) in [6.45, 7) is 3.10. The van der Waals surface area contributed by atoms with Gasteiger partial charge in [-0.25, -0.2) is 14.4 Å². The Morgan fingerprint density at radius 2 is 1.67 bits per heavy atom. The van der Waals surface area contributed by atoms with E-state index < -0.39 is 29.7 Å². The Morgan fingerprint density at radius 3 is 2.23 bits per heavy atom. The Bertz CT molecular complexity index is 846. The van der Waals surface area contributed by atoms with Crippen LogP contribution in [0.5, 0.6) is 0 Å². The maximum absolute atomic E-state index is 12.9. The van der Waals surface area contributed by atoms with Gasteiger partial charge in [-0.3, -0.25) is 4.84 Å². The second kappa shape index (κ2) is 9.45. The Hall–Kier alpha value is -3.33. The highest BCUT2D eigenvalue weighted by Gasteiger charge is 2.64. The molecule has 1 fully saturated rings. The van der Waals surface area contributed by atoms with E-state index in [1.54, 1.807) is 50.2 Å². The second-order valence-corrected chi connectivity index (χ2v) is 6.45. The maximum Gasteiger partial charge on any atom is 0.435 e. The molecule has 1 aromatic heterocycles. The fraction of sp³-hybridized carbons (Fsp3) is 0.381. The van der Waals surface area contributed by atoms with Crippen molar-refractivity contribution in [2.75, 3.05) is 13.2 Å². The molecule has 3 rings (SSSR count). The van der Waals surface area contributed by atoms with Gasteiger partial charge >= 0.3 is 18.0 Å². The summed E-state index contributed by atoms with van der Waals surface area (Å²) < 4.78 is 20.9. The fourth-order valence-electron chi connectivity index (χ4n) is 3.13. The topological polar surface area (TPSA) is 105 Å². The summed E-state index contributed by atoms with van der Waals surface area (Å²) in [5, 5.41) is 0.610. The number of rotatable bonds is 7. The minimum Gasteiger partial charge on any atom is -0.466 e. The van der Waals surface area contributed by atoms with Crippen LogP contribution in [0.25, 0.3) is 0 Å². The van der Waals surface area contributed by atoms with Crippen LogP contribution in [0.15, 0.2) is 53.1 Å². The minimum atomic E-state index is -2.16. The first-order valence-electron chi connectivity index (χ1n) is 9.58. The van der Waals surface area contributed by atoms with Crippen molar-refractivity contribution in [1.29, 1.82) is 0 Å². The molecule has 1 aliphatic rings.